The zero-order chi connectivity index (χ0) is 17.2. The highest BCUT2D eigenvalue weighted by Crippen LogP contribution is 2.25. The molecule has 1 fully saturated rings. The molecule has 6 heteroatoms. The molecule has 1 aliphatic heterocycles. The fourth-order valence-electron chi connectivity index (χ4n) is 2.58. The Bertz CT molecular complexity index is 585. The third kappa shape index (κ3) is 4.56. The third-order valence-electron chi connectivity index (χ3n) is 3.71. The van der Waals surface area contributed by atoms with Crippen molar-refractivity contribution in [2.24, 2.45) is 0 Å². The summed E-state index contributed by atoms with van der Waals surface area (Å²) in [5.41, 5.74) is -0.304. The number of nitrogens with zero attached hydrogens (tertiary/aromatic N) is 1. The number of carbonyl (C=O) groups is 1. The molecule has 23 heavy (non-hydrogen) atoms. The van der Waals surface area contributed by atoms with E-state index in [-0.39, 0.29) is 11.7 Å². The van der Waals surface area contributed by atoms with Crippen LogP contribution in [0.1, 0.15) is 39.2 Å². The first-order chi connectivity index (χ1) is 10.7. The maximum Gasteiger partial charge on any atom is 0.410 e. The number of rotatable bonds is 2. The van der Waals surface area contributed by atoms with Crippen molar-refractivity contribution in [2.75, 3.05) is 18.4 Å². The van der Waals surface area contributed by atoms with Crippen molar-refractivity contribution >= 4 is 11.8 Å². The fourth-order valence-corrected chi connectivity index (χ4v) is 2.58. The van der Waals surface area contributed by atoms with Crippen molar-refractivity contribution in [1.82, 2.24) is 4.90 Å². The lowest BCUT2D eigenvalue weighted by Crippen LogP contribution is -2.47. The molecule has 0 bridgehead atoms. The fraction of sp³-hybridized carbons (Fsp3) is 0.588. The molecule has 2 rings (SSSR count). The number of piperidine rings is 1. The second-order valence-corrected chi connectivity index (χ2v) is 6.96. The molecule has 1 aliphatic rings. The Morgan fingerprint density at radius 2 is 2.04 bits per heavy atom. The van der Waals surface area contributed by atoms with Gasteiger partial charge in [-0.2, -0.15) is 0 Å². The van der Waals surface area contributed by atoms with Gasteiger partial charge in [-0.05, 0) is 52.2 Å². The van der Waals surface area contributed by atoms with Crippen LogP contribution in [0.25, 0.3) is 0 Å². The summed E-state index contributed by atoms with van der Waals surface area (Å²) in [6.45, 7) is 7.97. The number of anilines is 1. The quantitative estimate of drug-likeness (QED) is 0.890. The molecule has 1 atom stereocenters. The second kappa shape index (κ2) is 6.72. The predicted molar refractivity (Wildman–Crippen MR) is 85.5 cm³/mol. The Balaban J connectivity index is 2.05. The van der Waals surface area contributed by atoms with Gasteiger partial charge in [-0.3, -0.25) is 0 Å². The Kier molecular flexibility index (Phi) is 5.12. The lowest BCUT2D eigenvalue weighted by atomic mass is 10.1. The van der Waals surface area contributed by atoms with Crippen molar-refractivity contribution in [3.8, 4) is 0 Å². The topological polar surface area (TPSA) is 41.6 Å². The maximum atomic E-state index is 14.1. The van der Waals surface area contributed by atoms with E-state index in [4.69, 9.17) is 4.74 Å². The molecular formula is C17H24F2N2O2. The second-order valence-electron chi connectivity index (χ2n) is 6.96. The lowest BCUT2D eigenvalue weighted by molar-refractivity contribution is 0.0206. The van der Waals surface area contributed by atoms with Crippen LogP contribution in [0, 0.1) is 18.6 Å². The van der Waals surface area contributed by atoms with Crippen LogP contribution in [0.2, 0.25) is 0 Å². The Morgan fingerprint density at radius 3 is 2.70 bits per heavy atom. The molecule has 0 aliphatic carbocycles. The van der Waals surface area contributed by atoms with Crippen LogP contribution in [0.5, 0.6) is 0 Å². The van der Waals surface area contributed by atoms with Crippen LogP contribution < -0.4 is 5.32 Å². The summed E-state index contributed by atoms with van der Waals surface area (Å²) in [7, 11) is 0. The summed E-state index contributed by atoms with van der Waals surface area (Å²) in [6, 6.07) is 2.45. The van der Waals surface area contributed by atoms with E-state index in [9.17, 15) is 13.6 Å². The van der Waals surface area contributed by atoms with E-state index >= 15 is 0 Å². The predicted octanol–water partition coefficient (Wildman–Crippen LogP) is 4.08. The van der Waals surface area contributed by atoms with Gasteiger partial charge in [-0.15, -0.1) is 0 Å². The van der Waals surface area contributed by atoms with E-state index in [1.54, 1.807) is 11.8 Å². The molecule has 1 unspecified atom stereocenters. The number of carbonyl (C=O) groups excluding carboxylic acids is 1. The number of likely N-dealkylation sites (tertiary alicyclic amines) is 1. The minimum atomic E-state index is -0.623. The van der Waals surface area contributed by atoms with Gasteiger partial charge in [0.25, 0.3) is 0 Å². The van der Waals surface area contributed by atoms with Gasteiger partial charge in [0.15, 0.2) is 5.82 Å². The smallest absolute Gasteiger partial charge is 0.410 e. The first-order valence-electron chi connectivity index (χ1n) is 7.86. The normalized spacial score (nSPS) is 18.7. The van der Waals surface area contributed by atoms with Crippen LogP contribution in [0.4, 0.5) is 19.3 Å². The van der Waals surface area contributed by atoms with Gasteiger partial charge < -0.3 is 15.0 Å². The molecule has 1 heterocycles. The van der Waals surface area contributed by atoms with Crippen LogP contribution in [0.3, 0.4) is 0 Å². The van der Waals surface area contributed by atoms with E-state index in [1.165, 1.54) is 12.1 Å². The molecule has 1 aromatic carbocycles. The van der Waals surface area contributed by atoms with E-state index in [0.29, 0.717) is 18.7 Å². The van der Waals surface area contributed by atoms with E-state index in [0.717, 1.165) is 12.8 Å². The minimum absolute atomic E-state index is 0.124. The van der Waals surface area contributed by atoms with Gasteiger partial charge in [0.2, 0.25) is 0 Å². The first-order valence-corrected chi connectivity index (χ1v) is 7.86. The molecule has 1 amide bonds. The zero-order valence-electron chi connectivity index (χ0n) is 14.1. The van der Waals surface area contributed by atoms with Crippen molar-refractivity contribution in [3.63, 3.8) is 0 Å². The Labute approximate surface area is 135 Å². The number of nitrogens with one attached hydrogen (secondary N) is 1. The third-order valence-corrected chi connectivity index (χ3v) is 3.71. The standard InChI is InChI=1S/C17H24F2N2O2/c1-11-7-8-13(18)15(14(11)19)20-12-6-5-9-21(10-12)16(22)23-17(2,3)4/h7-8,12,20H,5-6,9-10H2,1-4H3. The van der Waals surface area contributed by atoms with Crippen molar-refractivity contribution in [2.45, 2.75) is 52.2 Å². The van der Waals surface area contributed by atoms with Crippen molar-refractivity contribution in [1.29, 1.82) is 0 Å². The number of hydrogen-bond acceptors (Lipinski definition) is 3. The average molecular weight is 326 g/mol. The summed E-state index contributed by atoms with van der Waals surface area (Å²) in [5, 5.41) is 2.91. The highest BCUT2D eigenvalue weighted by Gasteiger charge is 2.28. The van der Waals surface area contributed by atoms with Crippen LogP contribution in [0.15, 0.2) is 12.1 Å². The highest BCUT2D eigenvalue weighted by atomic mass is 19.1. The van der Waals surface area contributed by atoms with Gasteiger partial charge in [0.1, 0.15) is 17.1 Å². The Hall–Kier alpha value is -1.85. The van der Waals surface area contributed by atoms with E-state index < -0.39 is 23.3 Å². The summed E-state index contributed by atoms with van der Waals surface area (Å²) < 4.78 is 33.3. The van der Waals surface area contributed by atoms with Crippen LogP contribution in [-0.2, 0) is 4.74 Å². The van der Waals surface area contributed by atoms with Gasteiger partial charge in [0, 0.05) is 19.1 Å². The van der Waals surface area contributed by atoms with Gasteiger partial charge in [-0.1, -0.05) is 6.07 Å². The number of aryl methyl sites for hydroxylation is 1. The molecule has 0 saturated carbocycles. The number of benzene rings is 1. The number of amides is 1. The molecule has 1 aromatic rings. The molecule has 0 radical (unpaired) electrons. The average Bonchev–Trinajstić information content (AvgIpc) is 2.46. The molecule has 0 aromatic heterocycles. The van der Waals surface area contributed by atoms with Gasteiger partial charge >= 0.3 is 6.09 Å². The molecule has 4 nitrogen and oxygen atoms in total. The lowest BCUT2D eigenvalue weighted by Gasteiger charge is -2.35. The van der Waals surface area contributed by atoms with Crippen molar-refractivity contribution < 1.29 is 18.3 Å². The molecule has 1 saturated heterocycles. The number of ether oxygens (including phenoxy) is 1. The van der Waals surface area contributed by atoms with Gasteiger partial charge in [0.05, 0.1) is 0 Å². The van der Waals surface area contributed by atoms with Crippen LogP contribution >= 0.6 is 0 Å². The van der Waals surface area contributed by atoms with Gasteiger partial charge in [-0.25, -0.2) is 13.6 Å². The number of hydrogen-bond donors (Lipinski definition) is 1. The minimum Gasteiger partial charge on any atom is -0.444 e. The largest absolute Gasteiger partial charge is 0.444 e. The van der Waals surface area contributed by atoms with E-state index in [1.807, 2.05) is 20.8 Å². The van der Waals surface area contributed by atoms with Crippen LogP contribution in [-0.4, -0.2) is 35.7 Å². The monoisotopic (exact) mass is 326 g/mol. The summed E-state index contributed by atoms with van der Waals surface area (Å²) in [6.07, 6.45) is 1.10. The molecule has 128 valence electrons. The van der Waals surface area contributed by atoms with E-state index in [2.05, 4.69) is 5.32 Å². The maximum absolute atomic E-state index is 14.1. The Morgan fingerprint density at radius 1 is 1.35 bits per heavy atom. The zero-order valence-corrected chi connectivity index (χ0v) is 14.1. The van der Waals surface area contributed by atoms with Crippen molar-refractivity contribution in [3.05, 3.63) is 29.3 Å². The summed E-state index contributed by atoms with van der Waals surface area (Å²) in [5.74, 6) is -1.21. The number of halogens is 2. The molecule has 1 N–H and O–H groups in total. The SMILES string of the molecule is Cc1ccc(F)c(NC2CCCN(C(=O)OC(C)(C)C)C2)c1F. The molecular weight excluding hydrogens is 302 g/mol. The summed E-state index contributed by atoms with van der Waals surface area (Å²) >= 11 is 0. The highest BCUT2D eigenvalue weighted by molar-refractivity contribution is 5.68. The first kappa shape index (κ1) is 17.5. The molecule has 0 spiro atoms. The summed E-state index contributed by atoms with van der Waals surface area (Å²) in [4.78, 5) is 13.7.